The second-order valence-electron chi connectivity index (χ2n) is 5.77. The van der Waals surface area contributed by atoms with Crippen molar-refractivity contribution in [2.75, 3.05) is 17.2 Å². The molecule has 1 heterocycles. The summed E-state index contributed by atoms with van der Waals surface area (Å²) in [5.41, 5.74) is 1.63. The summed E-state index contributed by atoms with van der Waals surface area (Å²) in [5.74, 6) is -0.132. The maximum atomic E-state index is 12.7. The first-order chi connectivity index (χ1) is 13.6. The molecule has 6 nitrogen and oxygen atoms in total. The summed E-state index contributed by atoms with van der Waals surface area (Å²) >= 11 is 6.18. The number of carbonyl (C=O) groups is 2. The van der Waals surface area contributed by atoms with Crippen LogP contribution in [0.15, 0.2) is 67.0 Å². The van der Waals surface area contributed by atoms with Crippen LogP contribution in [0.2, 0.25) is 5.02 Å². The first-order valence-corrected chi connectivity index (χ1v) is 9.00. The molecule has 2 amide bonds. The van der Waals surface area contributed by atoms with Gasteiger partial charge in [-0.3, -0.25) is 14.6 Å². The van der Waals surface area contributed by atoms with Crippen molar-refractivity contribution in [1.29, 1.82) is 0 Å². The second-order valence-corrected chi connectivity index (χ2v) is 6.18. The summed E-state index contributed by atoms with van der Waals surface area (Å²) < 4.78 is 5.52. The summed E-state index contributed by atoms with van der Waals surface area (Å²) in [7, 11) is 0. The maximum absolute atomic E-state index is 12.7. The summed E-state index contributed by atoms with van der Waals surface area (Å²) in [6, 6.07) is 15.1. The van der Waals surface area contributed by atoms with Gasteiger partial charge in [0, 0.05) is 18.0 Å². The van der Waals surface area contributed by atoms with Gasteiger partial charge in [0.1, 0.15) is 5.75 Å². The molecule has 7 heteroatoms. The monoisotopic (exact) mass is 395 g/mol. The van der Waals surface area contributed by atoms with E-state index in [-0.39, 0.29) is 11.8 Å². The third-order valence-electron chi connectivity index (χ3n) is 3.84. The van der Waals surface area contributed by atoms with E-state index in [0.29, 0.717) is 39.9 Å². The van der Waals surface area contributed by atoms with Crippen molar-refractivity contribution in [2.45, 2.75) is 6.92 Å². The van der Waals surface area contributed by atoms with Crippen molar-refractivity contribution >= 4 is 34.8 Å². The predicted molar refractivity (Wildman–Crippen MR) is 109 cm³/mol. The van der Waals surface area contributed by atoms with Crippen LogP contribution in [-0.4, -0.2) is 23.4 Å². The van der Waals surface area contributed by atoms with E-state index in [9.17, 15) is 9.59 Å². The molecule has 0 saturated heterocycles. The van der Waals surface area contributed by atoms with Gasteiger partial charge in [0.2, 0.25) is 0 Å². The number of rotatable bonds is 6. The van der Waals surface area contributed by atoms with E-state index in [1.165, 1.54) is 12.3 Å². The highest BCUT2D eigenvalue weighted by Gasteiger charge is 2.14. The van der Waals surface area contributed by atoms with Crippen molar-refractivity contribution in [3.05, 3.63) is 83.1 Å². The number of nitrogens with zero attached hydrogens (tertiary/aromatic N) is 1. The van der Waals surface area contributed by atoms with E-state index in [4.69, 9.17) is 16.3 Å². The molecule has 0 bridgehead atoms. The fourth-order valence-electron chi connectivity index (χ4n) is 2.50. The quantitative estimate of drug-likeness (QED) is 0.637. The predicted octanol–water partition coefficient (Wildman–Crippen LogP) is 4.64. The van der Waals surface area contributed by atoms with E-state index < -0.39 is 0 Å². The molecule has 0 atom stereocenters. The molecule has 0 aliphatic heterocycles. The van der Waals surface area contributed by atoms with E-state index in [1.54, 1.807) is 48.7 Å². The summed E-state index contributed by atoms with van der Waals surface area (Å²) in [4.78, 5) is 28.9. The number of ether oxygens (including phenoxy) is 1. The molecule has 1 aromatic heterocycles. The number of halogens is 1. The minimum atomic E-state index is -0.366. The van der Waals surface area contributed by atoms with Gasteiger partial charge in [-0.05, 0) is 49.4 Å². The zero-order valence-electron chi connectivity index (χ0n) is 15.1. The lowest BCUT2D eigenvalue weighted by Crippen LogP contribution is -2.15. The lowest BCUT2D eigenvalue weighted by molar-refractivity contribution is 0.101. The van der Waals surface area contributed by atoms with Crippen molar-refractivity contribution in [3.8, 4) is 5.75 Å². The minimum Gasteiger partial charge on any atom is -0.492 e. The lowest BCUT2D eigenvalue weighted by atomic mass is 10.1. The Bertz CT molecular complexity index is 993. The third-order valence-corrected chi connectivity index (χ3v) is 4.17. The number of pyridine rings is 1. The van der Waals surface area contributed by atoms with Crippen LogP contribution in [0.3, 0.4) is 0 Å². The summed E-state index contributed by atoms with van der Waals surface area (Å²) in [6.07, 6.45) is 3.03. The SMILES string of the molecule is CCOc1ccccc1NC(=O)c1ccc(Cl)c(NC(=O)c2cccnc2)c1. The molecule has 0 spiro atoms. The number of para-hydroxylation sites is 2. The largest absolute Gasteiger partial charge is 0.492 e. The number of hydrogen-bond donors (Lipinski definition) is 2. The average Bonchev–Trinajstić information content (AvgIpc) is 2.72. The number of carbonyl (C=O) groups excluding carboxylic acids is 2. The average molecular weight is 396 g/mol. The Kier molecular flexibility index (Phi) is 6.24. The molecule has 0 aliphatic carbocycles. The third kappa shape index (κ3) is 4.66. The van der Waals surface area contributed by atoms with Crippen molar-refractivity contribution in [1.82, 2.24) is 4.98 Å². The second kappa shape index (κ2) is 9.01. The van der Waals surface area contributed by atoms with Crippen molar-refractivity contribution in [3.63, 3.8) is 0 Å². The molecule has 0 aliphatic rings. The standard InChI is InChI=1S/C21H18ClN3O3/c1-2-28-19-8-4-3-7-17(19)24-20(26)14-9-10-16(22)18(12-14)25-21(27)15-6-5-11-23-13-15/h3-13H,2H2,1H3,(H,24,26)(H,25,27). The normalized spacial score (nSPS) is 10.2. The summed E-state index contributed by atoms with van der Waals surface area (Å²) in [5, 5.41) is 5.84. The Morgan fingerprint density at radius 1 is 0.964 bits per heavy atom. The molecule has 3 rings (SSSR count). The van der Waals surface area contributed by atoms with Gasteiger partial charge in [-0.25, -0.2) is 0 Å². The topological polar surface area (TPSA) is 80.3 Å². The minimum absolute atomic E-state index is 0.323. The van der Waals surface area contributed by atoms with Crippen LogP contribution < -0.4 is 15.4 Å². The van der Waals surface area contributed by atoms with Gasteiger partial charge in [0.05, 0.1) is 28.6 Å². The van der Waals surface area contributed by atoms with Crippen LogP contribution in [-0.2, 0) is 0 Å². The maximum Gasteiger partial charge on any atom is 0.257 e. The molecule has 2 aromatic carbocycles. The molecule has 0 radical (unpaired) electrons. The summed E-state index contributed by atoms with van der Waals surface area (Å²) in [6.45, 7) is 2.35. The number of hydrogen-bond acceptors (Lipinski definition) is 4. The van der Waals surface area contributed by atoms with Crippen LogP contribution in [0.5, 0.6) is 5.75 Å². The van der Waals surface area contributed by atoms with Gasteiger partial charge >= 0.3 is 0 Å². The van der Waals surface area contributed by atoms with Crippen LogP contribution in [0.4, 0.5) is 11.4 Å². The number of nitrogens with one attached hydrogen (secondary N) is 2. The van der Waals surface area contributed by atoms with Gasteiger partial charge in [0.25, 0.3) is 11.8 Å². The number of benzene rings is 2. The van der Waals surface area contributed by atoms with E-state index in [2.05, 4.69) is 15.6 Å². The fraction of sp³-hybridized carbons (Fsp3) is 0.0952. The first kappa shape index (κ1) is 19.4. The molecule has 2 N–H and O–H groups in total. The number of anilines is 2. The Hall–Kier alpha value is -3.38. The Labute approximate surface area is 167 Å². The molecule has 0 fully saturated rings. The van der Waals surface area contributed by atoms with Crippen LogP contribution >= 0.6 is 11.6 Å². The Balaban J connectivity index is 1.79. The van der Waals surface area contributed by atoms with Crippen molar-refractivity contribution < 1.29 is 14.3 Å². The smallest absolute Gasteiger partial charge is 0.257 e. The fourth-order valence-corrected chi connectivity index (χ4v) is 2.66. The van der Waals surface area contributed by atoms with Gasteiger partial charge in [-0.15, -0.1) is 0 Å². The first-order valence-electron chi connectivity index (χ1n) is 8.62. The van der Waals surface area contributed by atoms with Crippen LogP contribution in [0.1, 0.15) is 27.6 Å². The molecular formula is C21H18ClN3O3. The molecular weight excluding hydrogens is 378 g/mol. The molecule has 142 valence electrons. The lowest BCUT2D eigenvalue weighted by Gasteiger charge is -2.12. The van der Waals surface area contributed by atoms with E-state index in [0.717, 1.165) is 0 Å². The molecule has 0 saturated carbocycles. The van der Waals surface area contributed by atoms with E-state index >= 15 is 0 Å². The van der Waals surface area contributed by atoms with Gasteiger partial charge in [-0.2, -0.15) is 0 Å². The highest BCUT2D eigenvalue weighted by atomic mass is 35.5. The number of amides is 2. The van der Waals surface area contributed by atoms with Crippen LogP contribution in [0.25, 0.3) is 0 Å². The van der Waals surface area contributed by atoms with E-state index in [1.807, 2.05) is 13.0 Å². The van der Waals surface area contributed by atoms with Gasteiger partial charge in [-0.1, -0.05) is 23.7 Å². The van der Waals surface area contributed by atoms with Crippen LogP contribution in [0, 0.1) is 0 Å². The van der Waals surface area contributed by atoms with Gasteiger partial charge < -0.3 is 15.4 Å². The zero-order valence-corrected chi connectivity index (χ0v) is 15.9. The molecule has 0 unspecified atom stereocenters. The Morgan fingerprint density at radius 2 is 1.71 bits per heavy atom. The molecule has 28 heavy (non-hydrogen) atoms. The number of aromatic nitrogens is 1. The highest BCUT2D eigenvalue weighted by molar-refractivity contribution is 6.34. The Morgan fingerprint density at radius 3 is 2.46 bits per heavy atom. The van der Waals surface area contributed by atoms with Crippen molar-refractivity contribution in [2.24, 2.45) is 0 Å². The van der Waals surface area contributed by atoms with Gasteiger partial charge in [0.15, 0.2) is 0 Å². The molecule has 3 aromatic rings. The highest BCUT2D eigenvalue weighted by Crippen LogP contribution is 2.27. The zero-order chi connectivity index (χ0) is 19.9.